The van der Waals surface area contributed by atoms with Gasteiger partial charge in [0.2, 0.25) is 5.91 Å². The summed E-state index contributed by atoms with van der Waals surface area (Å²) in [5.74, 6) is 0.415. The fourth-order valence-corrected chi connectivity index (χ4v) is 5.26. The summed E-state index contributed by atoms with van der Waals surface area (Å²) in [6.45, 7) is 2.81. The lowest BCUT2D eigenvalue weighted by molar-refractivity contribution is -0.138. The van der Waals surface area contributed by atoms with Crippen molar-refractivity contribution in [3.63, 3.8) is 0 Å². The highest BCUT2D eigenvalue weighted by Gasteiger charge is 2.38. The molecule has 5 heteroatoms. The maximum Gasteiger partial charge on any atom is 0.227 e. The first-order valence-corrected chi connectivity index (χ1v) is 10.3. The van der Waals surface area contributed by atoms with Gasteiger partial charge in [-0.1, -0.05) is 36.8 Å². The summed E-state index contributed by atoms with van der Waals surface area (Å²) in [6, 6.07) is 10.0. The Hall–Kier alpha value is -1.36. The zero-order chi connectivity index (χ0) is 16.4. The second-order valence-electron chi connectivity index (χ2n) is 6.97. The molecule has 1 aromatic rings. The van der Waals surface area contributed by atoms with Crippen LogP contribution in [0.25, 0.3) is 0 Å². The van der Waals surface area contributed by atoms with Crippen LogP contribution in [-0.2, 0) is 14.6 Å². The molecule has 0 spiro atoms. The van der Waals surface area contributed by atoms with Gasteiger partial charge in [0.1, 0.15) is 0 Å². The summed E-state index contributed by atoms with van der Waals surface area (Å²) >= 11 is 0. The Balaban J connectivity index is 1.78. The first kappa shape index (κ1) is 16.5. The Labute approximate surface area is 138 Å². The van der Waals surface area contributed by atoms with E-state index in [-0.39, 0.29) is 29.4 Å². The lowest BCUT2D eigenvalue weighted by atomic mass is 9.84. The predicted octanol–water partition coefficient (Wildman–Crippen LogP) is 2.81. The minimum absolute atomic E-state index is 0.00685. The van der Waals surface area contributed by atoms with E-state index in [0.717, 1.165) is 12.1 Å². The number of nitrogens with zero attached hydrogens (tertiary/aromatic N) is 1. The maximum atomic E-state index is 13.0. The standard InChI is InChI=1S/C18H25NO3S/c1-14(16-8-3-2-4-9-16)19(12-15-6-5-7-15)18(20)17-10-11-23(21,22)13-17/h2-4,8-9,14-15,17H,5-7,10-13H2,1H3/t14-,17-/m1/s1. The third-order valence-corrected chi connectivity index (χ3v) is 7.06. The molecule has 3 rings (SSSR count). The van der Waals surface area contributed by atoms with Crippen LogP contribution in [0.3, 0.4) is 0 Å². The Kier molecular flexibility index (Phi) is 4.76. The van der Waals surface area contributed by atoms with Crippen molar-refractivity contribution in [3.05, 3.63) is 35.9 Å². The van der Waals surface area contributed by atoms with Gasteiger partial charge in [0.25, 0.3) is 0 Å². The summed E-state index contributed by atoms with van der Waals surface area (Å²) in [4.78, 5) is 14.9. The van der Waals surface area contributed by atoms with Crippen molar-refractivity contribution in [3.8, 4) is 0 Å². The average Bonchev–Trinajstić information content (AvgIpc) is 2.86. The minimum Gasteiger partial charge on any atom is -0.335 e. The number of hydrogen-bond donors (Lipinski definition) is 0. The summed E-state index contributed by atoms with van der Waals surface area (Å²) in [5, 5.41) is 0. The molecule has 0 unspecified atom stereocenters. The summed E-state index contributed by atoms with van der Waals surface area (Å²) in [7, 11) is -3.03. The number of amides is 1. The van der Waals surface area contributed by atoms with Gasteiger partial charge < -0.3 is 4.90 Å². The second-order valence-corrected chi connectivity index (χ2v) is 9.20. The van der Waals surface area contributed by atoms with E-state index in [0.29, 0.717) is 12.3 Å². The summed E-state index contributed by atoms with van der Waals surface area (Å²) in [5.41, 5.74) is 1.11. The number of hydrogen-bond acceptors (Lipinski definition) is 3. The van der Waals surface area contributed by atoms with Gasteiger partial charge in [-0.15, -0.1) is 0 Å². The van der Waals surface area contributed by atoms with E-state index in [2.05, 4.69) is 6.92 Å². The fourth-order valence-electron chi connectivity index (χ4n) is 3.53. The van der Waals surface area contributed by atoms with E-state index >= 15 is 0 Å². The van der Waals surface area contributed by atoms with Crippen LogP contribution < -0.4 is 0 Å². The minimum atomic E-state index is -3.03. The van der Waals surface area contributed by atoms with Crippen molar-refractivity contribution >= 4 is 15.7 Å². The summed E-state index contributed by atoms with van der Waals surface area (Å²) in [6.07, 6.45) is 4.07. The molecule has 2 fully saturated rings. The number of rotatable bonds is 5. The van der Waals surface area contributed by atoms with Crippen molar-refractivity contribution in [2.75, 3.05) is 18.1 Å². The Morgan fingerprint density at radius 1 is 1.22 bits per heavy atom. The fraction of sp³-hybridized carbons (Fsp3) is 0.611. The van der Waals surface area contributed by atoms with Crippen LogP contribution >= 0.6 is 0 Å². The van der Waals surface area contributed by atoms with Crippen molar-refractivity contribution in [2.24, 2.45) is 11.8 Å². The highest BCUT2D eigenvalue weighted by Crippen LogP contribution is 2.32. The number of benzene rings is 1. The monoisotopic (exact) mass is 335 g/mol. The van der Waals surface area contributed by atoms with E-state index < -0.39 is 9.84 Å². The van der Waals surface area contributed by atoms with Crippen molar-refractivity contribution in [1.82, 2.24) is 4.90 Å². The normalized spacial score (nSPS) is 24.8. The molecule has 0 N–H and O–H groups in total. The molecule has 126 valence electrons. The van der Waals surface area contributed by atoms with Gasteiger partial charge in [-0.3, -0.25) is 4.79 Å². The molecule has 23 heavy (non-hydrogen) atoms. The topological polar surface area (TPSA) is 54.5 Å². The number of carbonyl (C=O) groups is 1. The van der Waals surface area contributed by atoms with Gasteiger partial charge in [0, 0.05) is 6.54 Å². The van der Waals surface area contributed by atoms with Crippen LogP contribution in [0.15, 0.2) is 30.3 Å². The Morgan fingerprint density at radius 2 is 1.91 bits per heavy atom. The molecule has 1 aliphatic heterocycles. The molecule has 2 atom stereocenters. The van der Waals surface area contributed by atoms with Crippen LogP contribution in [0.2, 0.25) is 0 Å². The van der Waals surface area contributed by atoms with Gasteiger partial charge in [-0.25, -0.2) is 8.42 Å². The highest BCUT2D eigenvalue weighted by atomic mass is 32.2. The first-order chi connectivity index (χ1) is 11.0. The molecule has 1 saturated heterocycles. The summed E-state index contributed by atoms with van der Waals surface area (Å²) < 4.78 is 23.5. The molecule has 1 amide bonds. The van der Waals surface area contributed by atoms with E-state index in [4.69, 9.17) is 0 Å². The molecule has 4 nitrogen and oxygen atoms in total. The van der Waals surface area contributed by atoms with E-state index in [1.54, 1.807) is 0 Å². The smallest absolute Gasteiger partial charge is 0.227 e. The van der Waals surface area contributed by atoms with Crippen LogP contribution in [0.5, 0.6) is 0 Å². The average molecular weight is 335 g/mol. The zero-order valence-corrected chi connectivity index (χ0v) is 14.5. The first-order valence-electron chi connectivity index (χ1n) is 8.52. The number of carbonyl (C=O) groups excluding carboxylic acids is 1. The van der Waals surface area contributed by atoms with Crippen molar-refractivity contribution in [2.45, 2.75) is 38.6 Å². The van der Waals surface area contributed by atoms with Crippen molar-refractivity contribution < 1.29 is 13.2 Å². The zero-order valence-electron chi connectivity index (χ0n) is 13.6. The molecule has 0 radical (unpaired) electrons. The maximum absolute atomic E-state index is 13.0. The highest BCUT2D eigenvalue weighted by molar-refractivity contribution is 7.91. The number of sulfone groups is 1. The van der Waals surface area contributed by atoms with Crippen molar-refractivity contribution in [1.29, 1.82) is 0 Å². The van der Waals surface area contributed by atoms with E-state index in [1.165, 1.54) is 19.3 Å². The van der Waals surface area contributed by atoms with Gasteiger partial charge in [0.15, 0.2) is 9.84 Å². The largest absolute Gasteiger partial charge is 0.335 e. The second kappa shape index (κ2) is 6.63. The van der Waals surface area contributed by atoms with Gasteiger partial charge in [-0.05, 0) is 37.7 Å². The van der Waals surface area contributed by atoms with Gasteiger partial charge in [0.05, 0.1) is 23.5 Å². The van der Waals surface area contributed by atoms with Crippen LogP contribution in [0.1, 0.15) is 44.2 Å². The quantitative estimate of drug-likeness (QED) is 0.831. The van der Waals surface area contributed by atoms with E-state index in [1.807, 2.05) is 35.2 Å². The molecule has 2 aliphatic rings. The molecule has 1 aliphatic carbocycles. The van der Waals surface area contributed by atoms with E-state index in [9.17, 15) is 13.2 Å². The molecular weight excluding hydrogens is 310 g/mol. The lowest BCUT2D eigenvalue weighted by Crippen LogP contribution is -2.42. The molecule has 1 aromatic carbocycles. The van der Waals surface area contributed by atoms with Crippen LogP contribution in [0, 0.1) is 11.8 Å². The molecule has 0 aromatic heterocycles. The Morgan fingerprint density at radius 3 is 2.43 bits per heavy atom. The van der Waals surface area contributed by atoms with Gasteiger partial charge in [-0.2, -0.15) is 0 Å². The van der Waals surface area contributed by atoms with Gasteiger partial charge >= 0.3 is 0 Å². The molecular formula is C18H25NO3S. The third kappa shape index (κ3) is 3.77. The molecule has 1 heterocycles. The molecule has 0 bridgehead atoms. The Bertz CT molecular complexity index is 652. The van der Waals surface area contributed by atoms with Crippen LogP contribution in [0.4, 0.5) is 0 Å². The third-order valence-electron chi connectivity index (χ3n) is 5.29. The molecule has 1 saturated carbocycles. The predicted molar refractivity (Wildman–Crippen MR) is 90.7 cm³/mol. The van der Waals surface area contributed by atoms with Crippen LogP contribution in [-0.4, -0.2) is 37.3 Å². The lowest BCUT2D eigenvalue weighted by Gasteiger charge is -2.37. The SMILES string of the molecule is C[C@H](c1ccccc1)N(CC1CCC1)C(=O)[C@@H]1CCS(=O)(=O)C1.